The second kappa shape index (κ2) is 4.58. The Bertz CT molecular complexity index is 320. The highest BCUT2D eigenvalue weighted by molar-refractivity contribution is 7.98. The average Bonchev–Trinajstić information content (AvgIpc) is 2.97. The van der Waals surface area contributed by atoms with Crippen molar-refractivity contribution < 1.29 is 4.74 Å². The predicted octanol–water partition coefficient (Wildman–Crippen LogP) is 3.37. The Hall–Kier alpha value is -0.470. The quantitative estimate of drug-likeness (QED) is 0.572. The summed E-state index contributed by atoms with van der Waals surface area (Å²) in [7, 11) is 0. The summed E-state index contributed by atoms with van der Waals surface area (Å²) in [5, 5.41) is 0. The van der Waals surface area contributed by atoms with E-state index in [4.69, 9.17) is 4.74 Å². The Balaban J connectivity index is 1.92. The summed E-state index contributed by atoms with van der Waals surface area (Å²) >= 11 is 1.79. The van der Waals surface area contributed by atoms with Crippen LogP contribution in [-0.4, -0.2) is 18.5 Å². The van der Waals surface area contributed by atoms with Crippen molar-refractivity contribution in [3.05, 3.63) is 29.8 Å². The van der Waals surface area contributed by atoms with Crippen LogP contribution >= 0.6 is 11.8 Å². The van der Waals surface area contributed by atoms with E-state index in [9.17, 15) is 0 Å². The third-order valence-corrected chi connectivity index (χ3v) is 3.78. The molecule has 0 saturated carbocycles. The lowest BCUT2D eigenvalue weighted by Gasteiger charge is -2.08. The molecule has 0 aromatic heterocycles. The van der Waals surface area contributed by atoms with E-state index >= 15 is 0 Å². The van der Waals surface area contributed by atoms with Crippen LogP contribution in [0.4, 0.5) is 0 Å². The highest BCUT2D eigenvalue weighted by Crippen LogP contribution is 2.31. The summed E-state index contributed by atoms with van der Waals surface area (Å²) in [6.07, 6.45) is 4.21. The SMILES string of the molecule is CSc1ccc(CC(C)C2OC2C)cc1. The minimum Gasteiger partial charge on any atom is -0.370 e. The van der Waals surface area contributed by atoms with Gasteiger partial charge in [-0.2, -0.15) is 0 Å². The lowest BCUT2D eigenvalue weighted by Crippen LogP contribution is -2.08. The van der Waals surface area contributed by atoms with Crippen molar-refractivity contribution in [1.82, 2.24) is 0 Å². The van der Waals surface area contributed by atoms with E-state index in [2.05, 4.69) is 44.4 Å². The zero-order valence-corrected chi connectivity index (χ0v) is 10.4. The van der Waals surface area contributed by atoms with Gasteiger partial charge in [-0.15, -0.1) is 11.8 Å². The smallest absolute Gasteiger partial charge is 0.0867 e. The summed E-state index contributed by atoms with van der Waals surface area (Å²) in [4.78, 5) is 1.34. The van der Waals surface area contributed by atoms with Gasteiger partial charge >= 0.3 is 0 Å². The lowest BCUT2D eigenvalue weighted by molar-refractivity contribution is 0.328. The van der Waals surface area contributed by atoms with Crippen LogP contribution in [0, 0.1) is 5.92 Å². The maximum Gasteiger partial charge on any atom is 0.0867 e. The summed E-state index contributed by atoms with van der Waals surface area (Å²) in [5.41, 5.74) is 1.42. The summed E-state index contributed by atoms with van der Waals surface area (Å²) in [5.74, 6) is 0.639. The summed E-state index contributed by atoms with van der Waals surface area (Å²) in [6, 6.07) is 8.86. The van der Waals surface area contributed by atoms with Crippen molar-refractivity contribution in [2.75, 3.05) is 6.26 Å². The predicted molar refractivity (Wildman–Crippen MR) is 65.4 cm³/mol. The van der Waals surface area contributed by atoms with E-state index in [0.29, 0.717) is 18.1 Å². The number of thioether (sulfide) groups is 1. The van der Waals surface area contributed by atoms with Crippen molar-refractivity contribution in [2.45, 2.75) is 37.4 Å². The van der Waals surface area contributed by atoms with Gasteiger partial charge < -0.3 is 4.74 Å². The first-order valence-corrected chi connectivity index (χ1v) is 6.71. The second-order valence-corrected chi connectivity index (χ2v) is 5.21. The molecule has 3 unspecified atom stereocenters. The molecule has 15 heavy (non-hydrogen) atoms. The highest BCUT2D eigenvalue weighted by atomic mass is 32.2. The van der Waals surface area contributed by atoms with E-state index < -0.39 is 0 Å². The molecule has 0 radical (unpaired) electrons. The van der Waals surface area contributed by atoms with Gasteiger partial charge in [-0.25, -0.2) is 0 Å². The number of epoxide rings is 1. The standard InChI is InChI=1S/C13H18OS/c1-9(13-10(2)14-13)8-11-4-6-12(15-3)7-5-11/h4-7,9-10,13H,8H2,1-3H3. The van der Waals surface area contributed by atoms with Crippen LogP contribution in [0.15, 0.2) is 29.2 Å². The summed E-state index contributed by atoms with van der Waals surface area (Å²) in [6.45, 7) is 4.43. The fourth-order valence-corrected chi connectivity index (χ4v) is 2.46. The minimum absolute atomic E-state index is 0.477. The van der Waals surface area contributed by atoms with E-state index in [1.165, 1.54) is 10.5 Å². The molecule has 1 saturated heterocycles. The van der Waals surface area contributed by atoms with Crippen molar-refractivity contribution in [2.24, 2.45) is 5.92 Å². The number of benzene rings is 1. The molecule has 1 nitrogen and oxygen atoms in total. The number of ether oxygens (including phenoxy) is 1. The Morgan fingerprint density at radius 2 is 1.93 bits per heavy atom. The monoisotopic (exact) mass is 222 g/mol. The van der Waals surface area contributed by atoms with Crippen LogP contribution in [-0.2, 0) is 11.2 Å². The van der Waals surface area contributed by atoms with Gasteiger partial charge in [0.2, 0.25) is 0 Å². The van der Waals surface area contributed by atoms with E-state index in [-0.39, 0.29) is 0 Å². The number of hydrogen-bond acceptors (Lipinski definition) is 2. The molecule has 0 amide bonds. The molecule has 2 rings (SSSR count). The normalized spacial score (nSPS) is 26.3. The van der Waals surface area contributed by atoms with Gasteiger partial charge in [0.15, 0.2) is 0 Å². The molecule has 0 N–H and O–H groups in total. The molecular formula is C13H18OS. The van der Waals surface area contributed by atoms with Gasteiger partial charge in [-0.1, -0.05) is 19.1 Å². The fraction of sp³-hybridized carbons (Fsp3) is 0.538. The molecular weight excluding hydrogens is 204 g/mol. The van der Waals surface area contributed by atoms with Crippen molar-refractivity contribution in [1.29, 1.82) is 0 Å². The van der Waals surface area contributed by atoms with Crippen LogP contribution in [0.5, 0.6) is 0 Å². The maximum atomic E-state index is 5.49. The van der Waals surface area contributed by atoms with Gasteiger partial charge in [-0.05, 0) is 43.2 Å². The zero-order chi connectivity index (χ0) is 10.8. The molecule has 1 aromatic rings. The third kappa shape index (κ3) is 2.76. The molecule has 0 spiro atoms. The average molecular weight is 222 g/mol. The van der Waals surface area contributed by atoms with Crippen LogP contribution < -0.4 is 0 Å². The molecule has 1 aliphatic rings. The first kappa shape index (κ1) is 11.0. The molecule has 1 fully saturated rings. The Morgan fingerprint density at radius 3 is 2.40 bits per heavy atom. The molecule has 0 bridgehead atoms. The van der Waals surface area contributed by atoms with E-state index in [1.807, 2.05) is 0 Å². The Kier molecular flexibility index (Phi) is 3.37. The van der Waals surface area contributed by atoms with Crippen molar-refractivity contribution >= 4 is 11.8 Å². The minimum atomic E-state index is 0.477. The Morgan fingerprint density at radius 1 is 1.33 bits per heavy atom. The van der Waals surface area contributed by atoms with Crippen LogP contribution in [0.2, 0.25) is 0 Å². The number of hydrogen-bond donors (Lipinski definition) is 0. The van der Waals surface area contributed by atoms with Gasteiger partial charge in [0.25, 0.3) is 0 Å². The first-order valence-electron chi connectivity index (χ1n) is 5.49. The second-order valence-electron chi connectivity index (χ2n) is 4.34. The summed E-state index contributed by atoms with van der Waals surface area (Å²) < 4.78 is 5.49. The lowest BCUT2D eigenvalue weighted by atomic mass is 9.97. The Labute approximate surface area is 96.2 Å². The van der Waals surface area contributed by atoms with E-state index in [1.54, 1.807) is 11.8 Å². The highest BCUT2D eigenvalue weighted by Gasteiger charge is 2.38. The molecule has 3 atom stereocenters. The largest absolute Gasteiger partial charge is 0.370 e. The van der Waals surface area contributed by atoms with Gasteiger partial charge in [-0.3, -0.25) is 0 Å². The maximum absolute atomic E-state index is 5.49. The third-order valence-electron chi connectivity index (χ3n) is 3.04. The van der Waals surface area contributed by atoms with Crippen LogP contribution in [0.1, 0.15) is 19.4 Å². The topological polar surface area (TPSA) is 12.5 Å². The molecule has 2 heteroatoms. The van der Waals surface area contributed by atoms with Crippen LogP contribution in [0.25, 0.3) is 0 Å². The molecule has 1 aromatic carbocycles. The first-order chi connectivity index (χ1) is 7.20. The van der Waals surface area contributed by atoms with Crippen molar-refractivity contribution in [3.8, 4) is 0 Å². The molecule has 0 aliphatic carbocycles. The number of rotatable bonds is 4. The zero-order valence-electron chi connectivity index (χ0n) is 9.57. The van der Waals surface area contributed by atoms with Crippen molar-refractivity contribution in [3.63, 3.8) is 0 Å². The fourth-order valence-electron chi connectivity index (χ4n) is 2.05. The van der Waals surface area contributed by atoms with Crippen LogP contribution in [0.3, 0.4) is 0 Å². The van der Waals surface area contributed by atoms with Gasteiger partial charge in [0, 0.05) is 4.90 Å². The molecule has 82 valence electrons. The van der Waals surface area contributed by atoms with Gasteiger partial charge in [0.05, 0.1) is 12.2 Å². The molecule has 1 heterocycles. The van der Waals surface area contributed by atoms with E-state index in [0.717, 1.165) is 6.42 Å². The van der Waals surface area contributed by atoms with Gasteiger partial charge in [0.1, 0.15) is 0 Å². The molecule has 1 aliphatic heterocycles.